The highest BCUT2D eigenvalue weighted by Crippen LogP contribution is 2.21. The van der Waals surface area contributed by atoms with Crippen LogP contribution in [0, 0.1) is 0 Å². The Labute approximate surface area is 149 Å². The fraction of sp³-hybridized carbons (Fsp3) is 0.667. The van der Waals surface area contributed by atoms with E-state index in [0.717, 1.165) is 63.2 Å². The molecule has 2 saturated heterocycles. The highest BCUT2D eigenvalue weighted by Gasteiger charge is 2.24. The van der Waals surface area contributed by atoms with E-state index in [1.807, 2.05) is 28.8 Å². The molecule has 3 heterocycles. The third-order valence-electron chi connectivity index (χ3n) is 4.97. The summed E-state index contributed by atoms with van der Waals surface area (Å²) in [4.78, 5) is 21.7. The number of aromatic nitrogens is 1. The third-order valence-corrected chi connectivity index (χ3v) is 5.56. The number of hydrogen-bond donors (Lipinski definition) is 1. The summed E-state index contributed by atoms with van der Waals surface area (Å²) in [6, 6.07) is 4.18. The fourth-order valence-corrected chi connectivity index (χ4v) is 3.94. The van der Waals surface area contributed by atoms with Gasteiger partial charge in [-0.2, -0.15) is 11.8 Å². The minimum Gasteiger partial charge on any atom is -0.367 e. The maximum absolute atomic E-state index is 12.7. The minimum atomic E-state index is 0.125. The predicted molar refractivity (Wildman–Crippen MR) is 101 cm³/mol. The number of amides is 1. The van der Waals surface area contributed by atoms with Crippen molar-refractivity contribution in [2.24, 2.45) is 0 Å². The standard InChI is InChI=1S/C18H28N4OS/c1-24-14-13-21-11-6-15(7-12-21)20-17-16(5-4-8-19-17)18(23)22-9-2-3-10-22/h4-5,8,15H,2-3,6-7,9-14H2,1H3,(H,19,20). The van der Waals surface area contributed by atoms with Crippen LogP contribution in [0.5, 0.6) is 0 Å². The van der Waals surface area contributed by atoms with Gasteiger partial charge in [-0.25, -0.2) is 4.98 Å². The molecule has 24 heavy (non-hydrogen) atoms. The van der Waals surface area contributed by atoms with Crippen LogP contribution in [-0.2, 0) is 0 Å². The molecule has 0 aliphatic carbocycles. The molecule has 132 valence electrons. The summed E-state index contributed by atoms with van der Waals surface area (Å²) in [5.41, 5.74) is 0.726. The van der Waals surface area contributed by atoms with Crippen LogP contribution in [0.3, 0.4) is 0 Å². The zero-order valence-electron chi connectivity index (χ0n) is 14.5. The highest BCUT2D eigenvalue weighted by atomic mass is 32.2. The predicted octanol–water partition coefficient (Wildman–Crippen LogP) is 2.56. The van der Waals surface area contributed by atoms with Gasteiger partial charge < -0.3 is 15.1 Å². The zero-order valence-corrected chi connectivity index (χ0v) is 15.4. The van der Waals surface area contributed by atoms with Crippen molar-refractivity contribution in [3.63, 3.8) is 0 Å². The van der Waals surface area contributed by atoms with Crippen LogP contribution in [0.25, 0.3) is 0 Å². The van der Waals surface area contributed by atoms with Crippen molar-refractivity contribution in [3.05, 3.63) is 23.9 Å². The van der Waals surface area contributed by atoms with Gasteiger partial charge in [0, 0.05) is 50.7 Å². The number of carbonyl (C=O) groups excluding carboxylic acids is 1. The number of hydrogen-bond acceptors (Lipinski definition) is 5. The first-order valence-electron chi connectivity index (χ1n) is 9.00. The molecule has 0 unspecified atom stereocenters. The van der Waals surface area contributed by atoms with Gasteiger partial charge in [-0.3, -0.25) is 4.79 Å². The average Bonchev–Trinajstić information content (AvgIpc) is 3.16. The van der Waals surface area contributed by atoms with E-state index in [1.54, 1.807) is 6.20 Å². The number of piperidine rings is 1. The monoisotopic (exact) mass is 348 g/mol. The lowest BCUT2D eigenvalue weighted by molar-refractivity contribution is 0.0793. The van der Waals surface area contributed by atoms with Gasteiger partial charge in [0.1, 0.15) is 5.82 Å². The van der Waals surface area contributed by atoms with Crippen LogP contribution >= 0.6 is 11.8 Å². The number of rotatable bonds is 6. The van der Waals surface area contributed by atoms with Gasteiger partial charge >= 0.3 is 0 Å². The van der Waals surface area contributed by atoms with Gasteiger partial charge in [-0.05, 0) is 44.1 Å². The molecule has 1 aromatic rings. The van der Waals surface area contributed by atoms with E-state index in [0.29, 0.717) is 6.04 Å². The van der Waals surface area contributed by atoms with Gasteiger partial charge in [0.2, 0.25) is 0 Å². The van der Waals surface area contributed by atoms with Crippen molar-refractivity contribution in [2.75, 3.05) is 50.0 Å². The maximum Gasteiger partial charge on any atom is 0.257 e. The number of pyridine rings is 1. The van der Waals surface area contributed by atoms with Crippen molar-refractivity contribution < 1.29 is 4.79 Å². The molecule has 1 N–H and O–H groups in total. The molecule has 1 aromatic heterocycles. The third kappa shape index (κ3) is 4.42. The Morgan fingerprint density at radius 2 is 2.04 bits per heavy atom. The van der Waals surface area contributed by atoms with E-state index < -0.39 is 0 Å². The zero-order chi connectivity index (χ0) is 16.8. The molecule has 6 heteroatoms. The van der Waals surface area contributed by atoms with Crippen molar-refractivity contribution in [1.82, 2.24) is 14.8 Å². The van der Waals surface area contributed by atoms with Crippen molar-refractivity contribution in [1.29, 1.82) is 0 Å². The van der Waals surface area contributed by atoms with E-state index >= 15 is 0 Å². The largest absolute Gasteiger partial charge is 0.367 e. The normalized spacial score (nSPS) is 19.6. The van der Waals surface area contributed by atoms with Crippen molar-refractivity contribution >= 4 is 23.5 Å². The topological polar surface area (TPSA) is 48.5 Å². The molecule has 0 bridgehead atoms. The summed E-state index contributed by atoms with van der Waals surface area (Å²) in [5, 5.41) is 3.54. The van der Waals surface area contributed by atoms with E-state index in [2.05, 4.69) is 21.5 Å². The molecule has 1 amide bonds. The number of anilines is 1. The number of nitrogens with one attached hydrogen (secondary N) is 1. The minimum absolute atomic E-state index is 0.125. The summed E-state index contributed by atoms with van der Waals surface area (Å²) < 4.78 is 0. The SMILES string of the molecule is CSCCN1CCC(Nc2ncccc2C(=O)N2CCCC2)CC1. The first kappa shape index (κ1) is 17.5. The molecular weight excluding hydrogens is 320 g/mol. The van der Waals surface area contributed by atoms with Crippen LogP contribution in [0.1, 0.15) is 36.0 Å². The lowest BCUT2D eigenvalue weighted by Gasteiger charge is -2.32. The van der Waals surface area contributed by atoms with Crippen LogP contribution in [0.2, 0.25) is 0 Å². The Balaban J connectivity index is 1.59. The number of carbonyl (C=O) groups is 1. The molecule has 2 aliphatic rings. The van der Waals surface area contributed by atoms with Crippen molar-refractivity contribution in [3.8, 4) is 0 Å². The first-order valence-corrected chi connectivity index (χ1v) is 10.4. The second-order valence-electron chi connectivity index (χ2n) is 6.65. The quantitative estimate of drug-likeness (QED) is 0.856. The van der Waals surface area contributed by atoms with E-state index in [-0.39, 0.29) is 5.91 Å². The summed E-state index contributed by atoms with van der Waals surface area (Å²) in [6.07, 6.45) is 8.39. The molecule has 0 radical (unpaired) electrons. The van der Waals surface area contributed by atoms with Crippen LogP contribution in [0.15, 0.2) is 18.3 Å². The Morgan fingerprint density at radius 3 is 2.75 bits per heavy atom. The van der Waals surface area contributed by atoms with Crippen molar-refractivity contribution in [2.45, 2.75) is 31.7 Å². The molecule has 0 aromatic carbocycles. The number of thioether (sulfide) groups is 1. The lowest BCUT2D eigenvalue weighted by atomic mass is 10.0. The molecule has 2 fully saturated rings. The van der Waals surface area contributed by atoms with Crippen LogP contribution in [-0.4, -0.2) is 71.5 Å². The van der Waals surface area contributed by atoms with E-state index in [1.165, 1.54) is 12.3 Å². The highest BCUT2D eigenvalue weighted by molar-refractivity contribution is 7.98. The number of likely N-dealkylation sites (tertiary alicyclic amines) is 2. The average molecular weight is 349 g/mol. The Bertz CT molecular complexity index is 540. The fourth-order valence-electron chi connectivity index (χ4n) is 3.50. The summed E-state index contributed by atoms with van der Waals surface area (Å²) in [5.74, 6) is 2.09. The Morgan fingerprint density at radius 1 is 1.29 bits per heavy atom. The van der Waals surface area contributed by atoms with Gasteiger partial charge in [0.05, 0.1) is 5.56 Å². The molecule has 0 saturated carbocycles. The molecule has 0 spiro atoms. The number of nitrogens with zero attached hydrogens (tertiary/aromatic N) is 3. The molecule has 2 aliphatic heterocycles. The maximum atomic E-state index is 12.7. The first-order chi connectivity index (χ1) is 11.8. The lowest BCUT2D eigenvalue weighted by Crippen LogP contribution is -2.40. The van der Waals surface area contributed by atoms with Gasteiger partial charge in [0.15, 0.2) is 0 Å². The van der Waals surface area contributed by atoms with Crippen LogP contribution in [0.4, 0.5) is 5.82 Å². The van der Waals surface area contributed by atoms with Gasteiger partial charge in [-0.1, -0.05) is 0 Å². The summed E-state index contributed by atoms with van der Waals surface area (Å²) in [6.45, 7) is 5.18. The van der Waals surface area contributed by atoms with E-state index in [9.17, 15) is 4.79 Å². The smallest absolute Gasteiger partial charge is 0.257 e. The second kappa shape index (κ2) is 8.72. The molecule has 0 atom stereocenters. The Kier molecular flexibility index (Phi) is 6.37. The summed E-state index contributed by atoms with van der Waals surface area (Å²) in [7, 11) is 0. The molecule has 5 nitrogen and oxygen atoms in total. The summed E-state index contributed by atoms with van der Waals surface area (Å²) >= 11 is 1.91. The molecule has 3 rings (SSSR count). The van der Waals surface area contributed by atoms with Crippen LogP contribution < -0.4 is 5.32 Å². The van der Waals surface area contributed by atoms with E-state index in [4.69, 9.17) is 0 Å². The second-order valence-corrected chi connectivity index (χ2v) is 7.64. The Hall–Kier alpha value is -1.27. The van der Waals surface area contributed by atoms with Gasteiger partial charge in [-0.15, -0.1) is 0 Å². The molecular formula is C18H28N4OS. The van der Waals surface area contributed by atoms with Gasteiger partial charge in [0.25, 0.3) is 5.91 Å².